The van der Waals surface area contributed by atoms with Crippen molar-refractivity contribution in [3.63, 3.8) is 0 Å². The van der Waals surface area contributed by atoms with E-state index < -0.39 is 0 Å². The zero-order valence-corrected chi connectivity index (χ0v) is 11.5. The quantitative estimate of drug-likeness (QED) is 0.785. The Balaban J connectivity index is 2.20. The van der Waals surface area contributed by atoms with E-state index in [-0.39, 0.29) is 17.4 Å². The molecule has 20 heavy (non-hydrogen) atoms. The third-order valence-corrected chi connectivity index (χ3v) is 2.97. The SMILES string of the molecule is COc1cc(C=O)cc(Cl)c1OCc1ccc(F)cc1. The summed E-state index contributed by atoms with van der Waals surface area (Å²) in [5.41, 5.74) is 1.20. The second-order valence-corrected chi connectivity index (χ2v) is 4.47. The van der Waals surface area contributed by atoms with Crippen molar-refractivity contribution in [1.82, 2.24) is 0 Å². The molecular weight excluding hydrogens is 283 g/mol. The first kappa shape index (κ1) is 14.3. The van der Waals surface area contributed by atoms with Gasteiger partial charge in [0.25, 0.3) is 0 Å². The molecule has 0 atom stereocenters. The highest BCUT2D eigenvalue weighted by molar-refractivity contribution is 6.32. The maximum Gasteiger partial charge on any atom is 0.180 e. The molecule has 0 N–H and O–H groups in total. The fourth-order valence-electron chi connectivity index (χ4n) is 1.68. The molecule has 0 unspecified atom stereocenters. The average molecular weight is 295 g/mol. The van der Waals surface area contributed by atoms with E-state index in [0.29, 0.717) is 23.3 Å². The molecule has 5 heteroatoms. The van der Waals surface area contributed by atoms with Crippen molar-refractivity contribution in [1.29, 1.82) is 0 Å². The predicted octanol–water partition coefficient (Wildman–Crippen LogP) is 3.88. The Hall–Kier alpha value is -2.07. The first-order valence-electron chi connectivity index (χ1n) is 5.84. The Morgan fingerprint density at radius 2 is 1.95 bits per heavy atom. The third-order valence-electron chi connectivity index (χ3n) is 2.68. The van der Waals surface area contributed by atoms with Gasteiger partial charge in [0.2, 0.25) is 0 Å². The maximum absolute atomic E-state index is 12.8. The van der Waals surface area contributed by atoms with Crippen LogP contribution >= 0.6 is 11.6 Å². The summed E-state index contributed by atoms with van der Waals surface area (Å²) in [5.74, 6) is 0.422. The van der Waals surface area contributed by atoms with Crippen LogP contribution in [-0.2, 0) is 6.61 Å². The van der Waals surface area contributed by atoms with Crippen molar-refractivity contribution in [3.05, 3.63) is 58.4 Å². The van der Waals surface area contributed by atoms with E-state index in [4.69, 9.17) is 21.1 Å². The molecule has 0 aliphatic heterocycles. The lowest BCUT2D eigenvalue weighted by Crippen LogP contribution is -1.99. The van der Waals surface area contributed by atoms with E-state index in [0.717, 1.165) is 5.56 Å². The number of ether oxygens (including phenoxy) is 2. The van der Waals surface area contributed by atoms with Crippen molar-refractivity contribution in [2.45, 2.75) is 6.61 Å². The summed E-state index contributed by atoms with van der Waals surface area (Å²) in [6, 6.07) is 8.99. The molecule has 104 valence electrons. The van der Waals surface area contributed by atoms with Crippen molar-refractivity contribution >= 4 is 17.9 Å². The third kappa shape index (κ3) is 3.27. The van der Waals surface area contributed by atoms with Crippen LogP contribution in [0.4, 0.5) is 4.39 Å². The van der Waals surface area contributed by atoms with Gasteiger partial charge >= 0.3 is 0 Å². The monoisotopic (exact) mass is 294 g/mol. The van der Waals surface area contributed by atoms with Gasteiger partial charge in [-0.1, -0.05) is 23.7 Å². The van der Waals surface area contributed by atoms with Gasteiger partial charge in [0.15, 0.2) is 11.5 Å². The molecule has 2 aromatic carbocycles. The van der Waals surface area contributed by atoms with Gasteiger partial charge in [-0.05, 0) is 29.8 Å². The number of methoxy groups -OCH3 is 1. The van der Waals surface area contributed by atoms with Crippen LogP contribution in [0.1, 0.15) is 15.9 Å². The Morgan fingerprint density at radius 1 is 1.25 bits per heavy atom. The highest BCUT2D eigenvalue weighted by atomic mass is 35.5. The minimum absolute atomic E-state index is 0.219. The van der Waals surface area contributed by atoms with Gasteiger partial charge in [-0.15, -0.1) is 0 Å². The second kappa shape index (κ2) is 6.39. The number of hydrogen-bond acceptors (Lipinski definition) is 3. The number of carbonyl (C=O) groups is 1. The number of hydrogen-bond donors (Lipinski definition) is 0. The summed E-state index contributed by atoms with van der Waals surface area (Å²) in [4.78, 5) is 10.8. The topological polar surface area (TPSA) is 35.5 Å². The molecule has 2 aromatic rings. The van der Waals surface area contributed by atoms with E-state index in [2.05, 4.69) is 0 Å². The summed E-state index contributed by atoms with van der Waals surface area (Å²) in [6.45, 7) is 0.219. The van der Waals surface area contributed by atoms with E-state index >= 15 is 0 Å². The van der Waals surface area contributed by atoms with Crippen molar-refractivity contribution < 1.29 is 18.7 Å². The Morgan fingerprint density at radius 3 is 2.55 bits per heavy atom. The molecule has 0 amide bonds. The zero-order chi connectivity index (χ0) is 14.5. The normalized spacial score (nSPS) is 10.2. The number of aldehydes is 1. The highest BCUT2D eigenvalue weighted by Crippen LogP contribution is 2.36. The van der Waals surface area contributed by atoms with Gasteiger partial charge in [0.1, 0.15) is 18.7 Å². The molecular formula is C15H12ClFO3. The van der Waals surface area contributed by atoms with Crippen LogP contribution in [0.2, 0.25) is 5.02 Å². The standard InChI is InChI=1S/C15H12ClFO3/c1-19-14-7-11(8-18)6-13(16)15(14)20-9-10-2-4-12(17)5-3-10/h2-8H,9H2,1H3. The Bertz CT molecular complexity index is 611. The van der Waals surface area contributed by atoms with E-state index in [1.165, 1.54) is 25.3 Å². The van der Waals surface area contributed by atoms with Crippen LogP contribution in [0.3, 0.4) is 0 Å². The molecule has 0 aromatic heterocycles. The number of carbonyl (C=O) groups excluding carboxylic acids is 1. The van der Waals surface area contributed by atoms with Gasteiger partial charge in [-0.2, -0.15) is 0 Å². The van der Waals surface area contributed by atoms with Crippen LogP contribution in [0.25, 0.3) is 0 Å². The fourth-order valence-corrected chi connectivity index (χ4v) is 1.96. The van der Waals surface area contributed by atoms with Crippen molar-refractivity contribution in [2.24, 2.45) is 0 Å². The van der Waals surface area contributed by atoms with Crippen molar-refractivity contribution in [2.75, 3.05) is 7.11 Å². The molecule has 0 aliphatic rings. The van der Waals surface area contributed by atoms with E-state index in [1.54, 1.807) is 18.2 Å². The summed E-state index contributed by atoms with van der Waals surface area (Å²) < 4.78 is 23.5. The fraction of sp³-hybridized carbons (Fsp3) is 0.133. The van der Waals surface area contributed by atoms with Crippen LogP contribution in [0.15, 0.2) is 36.4 Å². The average Bonchev–Trinajstić information content (AvgIpc) is 2.47. The minimum Gasteiger partial charge on any atom is -0.493 e. The molecule has 2 rings (SSSR count). The molecule has 0 saturated carbocycles. The number of halogens is 2. The van der Waals surface area contributed by atoms with Gasteiger partial charge in [0, 0.05) is 5.56 Å². The van der Waals surface area contributed by atoms with E-state index in [1.807, 2.05) is 0 Å². The van der Waals surface area contributed by atoms with E-state index in [9.17, 15) is 9.18 Å². The molecule has 0 aliphatic carbocycles. The van der Waals surface area contributed by atoms with Crippen molar-refractivity contribution in [3.8, 4) is 11.5 Å². The van der Waals surface area contributed by atoms with Gasteiger partial charge in [0.05, 0.1) is 12.1 Å². The second-order valence-electron chi connectivity index (χ2n) is 4.07. The number of rotatable bonds is 5. The first-order valence-corrected chi connectivity index (χ1v) is 6.22. The van der Waals surface area contributed by atoms with Crippen LogP contribution < -0.4 is 9.47 Å². The smallest absolute Gasteiger partial charge is 0.180 e. The van der Waals surface area contributed by atoms with Crippen LogP contribution in [-0.4, -0.2) is 13.4 Å². The largest absolute Gasteiger partial charge is 0.493 e. The molecule has 0 bridgehead atoms. The van der Waals surface area contributed by atoms with Crippen LogP contribution in [0.5, 0.6) is 11.5 Å². The predicted molar refractivity (Wildman–Crippen MR) is 74.1 cm³/mol. The lowest BCUT2D eigenvalue weighted by molar-refractivity contribution is 0.112. The number of benzene rings is 2. The van der Waals surface area contributed by atoms with Gasteiger partial charge in [-0.3, -0.25) is 4.79 Å². The summed E-state index contributed by atoms with van der Waals surface area (Å²) >= 11 is 6.06. The summed E-state index contributed by atoms with van der Waals surface area (Å²) in [7, 11) is 1.46. The molecule has 0 fully saturated rings. The lowest BCUT2D eigenvalue weighted by atomic mass is 10.2. The molecule has 3 nitrogen and oxygen atoms in total. The first-order chi connectivity index (χ1) is 9.63. The molecule has 0 spiro atoms. The summed E-state index contributed by atoms with van der Waals surface area (Å²) in [5, 5.41) is 0.286. The van der Waals surface area contributed by atoms with Gasteiger partial charge < -0.3 is 9.47 Å². The minimum atomic E-state index is -0.306. The lowest BCUT2D eigenvalue weighted by Gasteiger charge is -2.13. The zero-order valence-electron chi connectivity index (χ0n) is 10.7. The van der Waals surface area contributed by atoms with Gasteiger partial charge in [-0.25, -0.2) is 4.39 Å². The van der Waals surface area contributed by atoms with Crippen LogP contribution in [0, 0.1) is 5.82 Å². The maximum atomic E-state index is 12.8. The molecule has 0 saturated heterocycles. The Labute approximate surface area is 120 Å². The molecule has 0 radical (unpaired) electrons. The molecule has 0 heterocycles. The summed E-state index contributed by atoms with van der Waals surface area (Å²) in [6.07, 6.45) is 0.679. The Kier molecular flexibility index (Phi) is 4.58. The highest BCUT2D eigenvalue weighted by Gasteiger charge is 2.12.